The predicted molar refractivity (Wildman–Crippen MR) is 66.1 cm³/mol. The molecule has 5 heteroatoms. The van der Waals surface area contributed by atoms with Crippen molar-refractivity contribution in [2.24, 2.45) is 4.99 Å². The quantitative estimate of drug-likeness (QED) is 0.865. The first kappa shape index (κ1) is 11.1. The minimum absolute atomic E-state index is 0.0645. The fourth-order valence-electron chi connectivity index (χ4n) is 1.59. The summed E-state index contributed by atoms with van der Waals surface area (Å²) in [6, 6.07) is 7.33. The first-order valence-electron chi connectivity index (χ1n) is 5.08. The van der Waals surface area contributed by atoms with Crippen molar-refractivity contribution in [2.45, 2.75) is 13.0 Å². The summed E-state index contributed by atoms with van der Waals surface area (Å²) in [6.45, 7) is 2.57. The largest absolute Gasteiger partial charge is 0.340 e. The average molecular weight is 282 g/mol. The van der Waals surface area contributed by atoms with Gasteiger partial charge in [0.05, 0.1) is 0 Å². The minimum Gasteiger partial charge on any atom is -0.340 e. The number of halogens is 1. The van der Waals surface area contributed by atoms with Crippen LogP contribution >= 0.6 is 15.9 Å². The number of hydrogen-bond donors (Lipinski definition) is 2. The van der Waals surface area contributed by atoms with Crippen molar-refractivity contribution in [2.75, 3.05) is 6.54 Å². The maximum Gasteiger partial charge on any atom is 0.253 e. The number of nitrogens with one attached hydrogen (secondary N) is 2. The zero-order valence-electron chi connectivity index (χ0n) is 8.83. The molecule has 4 nitrogen and oxygen atoms in total. The molecular formula is C11H12BrN3O. The molecule has 0 radical (unpaired) electrons. The van der Waals surface area contributed by atoms with Crippen LogP contribution in [0, 0.1) is 0 Å². The first-order valence-corrected chi connectivity index (χ1v) is 5.87. The third-order valence-electron chi connectivity index (χ3n) is 2.28. The van der Waals surface area contributed by atoms with Crippen LogP contribution in [-0.4, -0.2) is 18.4 Å². The number of rotatable bonds is 2. The molecule has 1 fully saturated rings. The van der Waals surface area contributed by atoms with Gasteiger partial charge in [0.2, 0.25) is 0 Å². The third-order valence-corrected chi connectivity index (χ3v) is 2.78. The summed E-state index contributed by atoms with van der Waals surface area (Å²) >= 11 is 3.39. The van der Waals surface area contributed by atoms with Crippen LogP contribution in [0.5, 0.6) is 0 Å². The summed E-state index contributed by atoms with van der Waals surface area (Å²) in [4.78, 5) is 15.8. The van der Waals surface area contributed by atoms with Crippen LogP contribution in [0.3, 0.4) is 0 Å². The molecule has 0 spiro atoms. The van der Waals surface area contributed by atoms with Gasteiger partial charge < -0.3 is 5.32 Å². The second kappa shape index (κ2) is 4.65. The summed E-state index contributed by atoms with van der Waals surface area (Å²) in [5.41, 5.74) is 0.924. The van der Waals surface area contributed by atoms with Crippen molar-refractivity contribution in [3.05, 3.63) is 34.3 Å². The first-order chi connectivity index (χ1) is 7.70. The van der Waals surface area contributed by atoms with E-state index in [1.54, 1.807) is 0 Å². The number of benzene rings is 1. The number of nitrogens with zero attached hydrogens (tertiary/aromatic N) is 1. The van der Waals surface area contributed by atoms with Crippen molar-refractivity contribution in [1.82, 2.24) is 10.6 Å². The fourth-order valence-corrected chi connectivity index (χ4v) is 2.01. The molecule has 16 heavy (non-hydrogen) atoms. The molecule has 1 aliphatic rings. The monoisotopic (exact) mass is 281 g/mol. The molecule has 1 aliphatic heterocycles. The number of carbonyl (C=O) groups is 1. The van der Waals surface area contributed by atoms with Crippen LogP contribution in [0.2, 0.25) is 0 Å². The van der Waals surface area contributed by atoms with E-state index in [9.17, 15) is 4.79 Å². The number of carbonyl (C=O) groups excluding carboxylic acids is 1. The van der Waals surface area contributed by atoms with Gasteiger partial charge in [-0.25, -0.2) is 0 Å². The normalized spacial score (nSPS) is 22.0. The lowest BCUT2D eigenvalue weighted by Gasteiger charge is -2.07. The van der Waals surface area contributed by atoms with E-state index in [1.807, 2.05) is 31.2 Å². The van der Waals surface area contributed by atoms with E-state index in [-0.39, 0.29) is 11.9 Å². The summed E-state index contributed by atoms with van der Waals surface area (Å²) in [6.07, 6.45) is 0. The van der Waals surface area contributed by atoms with E-state index in [0.717, 1.165) is 10.0 Å². The molecule has 0 aromatic heterocycles. The highest BCUT2D eigenvalue weighted by Crippen LogP contribution is 2.20. The number of hydrogen-bond acceptors (Lipinski definition) is 2. The highest BCUT2D eigenvalue weighted by molar-refractivity contribution is 9.10. The van der Waals surface area contributed by atoms with Crippen LogP contribution in [0.15, 0.2) is 33.7 Å². The molecule has 1 atom stereocenters. The van der Waals surface area contributed by atoms with Crippen LogP contribution in [0.1, 0.15) is 18.5 Å². The second-order valence-electron chi connectivity index (χ2n) is 3.44. The zero-order valence-corrected chi connectivity index (χ0v) is 10.4. The van der Waals surface area contributed by atoms with Gasteiger partial charge in [-0.1, -0.05) is 28.1 Å². The van der Waals surface area contributed by atoms with Crippen molar-refractivity contribution < 1.29 is 4.79 Å². The van der Waals surface area contributed by atoms with Crippen LogP contribution in [0.4, 0.5) is 0 Å². The Morgan fingerprint density at radius 1 is 1.50 bits per heavy atom. The molecule has 0 aliphatic carbocycles. The Morgan fingerprint density at radius 3 is 3.00 bits per heavy atom. The Kier molecular flexibility index (Phi) is 3.24. The van der Waals surface area contributed by atoms with Gasteiger partial charge >= 0.3 is 0 Å². The van der Waals surface area contributed by atoms with Gasteiger partial charge in [0.25, 0.3) is 5.91 Å². The average Bonchev–Trinajstić information content (AvgIpc) is 2.60. The van der Waals surface area contributed by atoms with E-state index in [0.29, 0.717) is 12.5 Å². The van der Waals surface area contributed by atoms with Gasteiger partial charge in [-0.15, -0.1) is 0 Å². The van der Waals surface area contributed by atoms with E-state index in [4.69, 9.17) is 0 Å². The Hall–Kier alpha value is -1.36. The molecule has 2 rings (SSSR count). The maximum atomic E-state index is 11.7. The Balaban J connectivity index is 2.23. The molecule has 1 aromatic rings. The van der Waals surface area contributed by atoms with Crippen LogP contribution in [-0.2, 0) is 4.79 Å². The van der Waals surface area contributed by atoms with E-state index in [2.05, 4.69) is 31.6 Å². The standard InChI is InChI=1S/C11H12BrN3O/c1-2-13-11-14-9(10(16)15-11)7-4-3-5-8(12)6-7/h3-6,9H,2H2,1H3,(H2,13,14,15,16). The van der Waals surface area contributed by atoms with E-state index in [1.165, 1.54) is 0 Å². The highest BCUT2D eigenvalue weighted by atomic mass is 79.9. The summed E-state index contributed by atoms with van der Waals surface area (Å²) < 4.78 is 0.959. The van der Waals surface area contributed by atoms with Gasteiger partial charge in [-0.3, -0.25) is 15.1 Å². The number of aliphatic imine (C=N–C) groups is 1. The SMILES string of the molecule is CCN=C1NC(=O)C(c2cccc(Br)c2)N1. The second-order valence-corrected chi connectivity index (χ2v) is 4.36. The Bertz CT molecular complexity index is 445. The molecule has 2 N–H and O–H groups in total. The molecule has 0 bridgehead atoms. The lowest BCUT2D eigenvalue weighted by molar-refractivity contribution is -0.120. The number of amides is 1. The smallest absolute Gasteiger partial charge is 0.253 e. The summed E-state index contributed by atoms with van der Waals surface area (Å²) in [7, 11) is 0. The fraction of sp³-hybridized carbons (Fsp3) is 0.273. The molecule has 1 amide bonds. The molecule has 1 saturated heterocycles. The van der Waals surface area contributed by atoms with E-state index >= 15 is 0 Å². The van der Waals surface area contributed by atoms with E-state index < -0.39 is 0 Å². The maximum absolute atomic E-state index is 11.7. The lowest BCUT2D eigenvalue weighted by Crippen LogP contribution is -2.25. The molecule has 84 valence electrons. The molecule has 1 unspecified atom stereocenters. The van der Waals surface area contributed by atoms with Gasteiger partial charge in [0.15, 0.2) is 5.96 Å². The van der Waals surface area contributed by atoms with Gasteiger partial charge in [-0.2, -0.15) is 0 Å². The molecule has 1 aromatic carbocycles. The Morgan fingerprint density at radius 2 is 2.31 bits per heavy atom. The van der Waals surface area contributed by atoms with Crippen LogP contribution in [0.25, 0.3) is 0 Å². The van der Waals surface area contributed by atoms with Crippen molar-refractivity contribution in [3.63, 3.8) is 0 Å². The molecule has 1 heterocycles. The predicted octanol–water partition coefficient (Wildman–Crippen LogP) is 1.59. The van der Waals surface area contributed by atoms with Gasteiger partial charge in [-0.05, 0) is 24.6 Å². The van der Waals surface area contributed by atoms with Crippen molar-refractivity contribution in [1.29, 1.82) is 0 Å². The topological polar surface area (TPSA) is 53.5 Å². The minimum atomic E-state index is -0.345. The van der Waals surface area contributed by atoms with Crippen molar-refractivity contribution in [3.8, 4) is 0 Å². The zero-order chi connectivity index (χ0) is 11.5. The summed E-state index contributed by atoms with van der Waals surface area (Å²) in [5, 5.41) is 5.76. The third kappa shape index (κ3) is 2.24. The molecular weight excluding hydrogens is 270 g/mol. The highest BCUT2D eigenvalue weighted by Gasteiger charge is 2.29. The van der Waals surface area contributed by atoms with Crippen LogP contribution < -0.4 is 10.6 Å². The van der Waals surface area contributed by atoms with Gasteiger partial charge in [0, 0.05) is 11.0 Å². The molecule has 0 saturated carbocycles. The lowest BCUT2D eigenvalue weighted by atomic mass is 10.1. The number of guanidine groups is 1. The Labute approximate surface area is 102 Å². The van der Waals surface area contributed by atoms with Gasteiger partial charge in [0.1, 0.15) is 6.04 Å². The summed E-state index contributed by atoms with van der Waals surface area (Å²) in [5.74, 6) is 0.489. The van der Waals surface area contributed by atoms with Crippen molar-refractivity contribution >= 4 is 27.8 Å².